The van der Waals surface area contributed by atoms with E-state index in [2.05, 4.69) is 14.9 Å². The van der Waals surface area contributed by atoms with Gasteiger partial charge in [0, 0.05) is 5.56 Å². The standard InChI is InChI=1S/C18H17N3O6S2/c1-11(22)13-5-7-14(8-6-13)29(24,25)19-10-16(23)26-12(2)17-20-21-18(27-17)15-4-3-9-28-15/h3-9,12,19H,10H2,1-2H3. The highest BCUT2D eigenvalue weighted by molar-refractivity contribution is 7.89. The number of aromatic nitrogens is 2. The van der Waals surface area contributed by atoms with E-state index in [4.69, 9.17) is 9.15 Å². The lowest BCUT2D eigenvalue weighted by Crippen LogP contribution is -2.31. The monoisotopic (exact) mass is 435 g/mol. The van der Waals surface area contributed by atoms with Crippen LogP contribution in [0.25, 0.3) is 10.8 Å². The number of sulfonamides is 1. The highest BCUT2D eigenvalue weighted by atomic mass is 32.2. The van der Waals surface area contributed by atoms with E-state index in [1.54, 1.807) is 6.92 Å². The van der Waals surface area contributed by atoms with Crippen LogP contribution in [0.4, 0.5) is 0 Å². The normalized spacial score (nSPS) is 12.5. The Kier molecular flexibility index (Phi) is 6.20. The minimum atomic E-state index is -3.94. The molecule has 0 saturated heterocycles. The average Bonchev–Trinajstić information content (AvgIpc) is 3.38. The van der Waals surface area contributed by atoms with Crippen LogP contribution in [0.2, 0.25) is 0 Å². The Labute approximate surface area is 170 Å². The maximum Gasteiger partial charge on any atom is 0.321 e. The third-order valence-electron chi connectivity index (χ3n) is 3.81. The molecule has 0 radical (unpaired) electrons. The lowest BCUT2D eigenvalue weighted by atomic mass is 10.2. The molecule has 0 aliphatic carbocycles. The molecule has 9 nitrogen and oxygen atoms in total. The fourth-order valence-electron chi connectivity index (χ4n) is 2.29. The summed E-state index contributed by atoms with van der Waals surface area (Å²) < 4.78 is 37.3. The molecule has 1 atom stereocenters. The molecular weight excluding hydrogens is 418 g/mol. The van der Waals surface area contributed by atoms with Crippen molar-refractivity contribution in [2.75, 3.05) is 6.54 Å². The lowest BCUT2D eigenvalue weighted by Gasteiger charge is -2.10. The first kappa shape index (κ1) is 20.8. The van der Waals surface area contributed by atoms with Gasteiger partial charge in [-0.05, 0) is 37.4 Å². The topological polar surface area (TPSA) is 128 Å². The molecule has 3 rings (SSSR count). The Morgan fingerprint density at radius 3 is 2.55 bits per heavy atom. The number of esters is 1. The van der Waals surface area contributed by atoms with Gasteiger partial charge >= 0.3 is 5.97 Å². The number of ketones is 1. The predicted octanol–water partition coefficient (Wildman–Crippen LogP) is 2.58. The molecule has 1 aromatic carbocycles. The van der Waals surface area contributed by atoms with E-state index >= 15 is 0 Å². The van der Waals surface area contributed by atoms with Crippen LogP contribution in [0, 0.1) is 0 Å². The highest BCUT2D eigenvalue weighted by Gasteiger charge is 2.21. The van der Waals surface area contributed by atoms with Crippen molar-refractivity contribution in [3.8, 4) is 10.8 Å². The van der Waals surface area contributed by atoms with Gasteiger partial charge in [0.1, 0.15) is 6.54 Å². The molecule has 0 bridgehead atoms. The first-order valence-corrected chi connectivity index (χ1v) is 10.8. The number of hydrogen-bond donors (Lipinski definition) is 1. The first-order valence-electron chi connectivity index (χ1n) is 8.43. The molecule has 2 heterocycles. The van der Waals surface area contributed by atoms with Crippen molar-refractivity contribution in [1.29, 1.82) is 0 Å². The predicted molar refractivity (Wildman–Crippen MR) is 104 cm³/mol. The van der Waals surface area contributed by atoms with Crippen molar-refractivity contribution in [1.82, 2.24) is 14.9 Å². The molecule has 0 spiro atoms. The van der Waals surface area contributed by atoms with Crippen LogP contribution in [0.5, 0.6) is 0 Å². The molecule has 11 heteroatoms. The van der Waals surface area contributed by atoms with Crippen molar-refractivity contribution in [2.24, 2.45) is 0 Å². The van der Waals surface area contributed by atoms with E-state index in [0.29, 0.717) is 11.5 Å². The Bertz CT molecular complexity index is 1100. The number of Topliss-reactive ketones (excluding diaryl/α,β-unsaturated/α-hetero) is 1. The molecule has 29 heavy (non-hydrogen) atoms. The summed E-state index contributed by atoms with van der Waals surface area (Å²) >= 11 is 1.43. The molecule has 3 aromatic rings. The molecular formula is C18H17N3O6S2. The molecule has 1 N–H and O–H groups in total. The summed E-state index contributed by atoms with van der Waals surface area (Å²) in [7, 11) is -3.94. The van der Waals surface area contributed by atoms with Crippen molar-refractivity contribution in [2.45, 2.75) is 24.8 Å². The summed E-state index contributed by atoms with van der Waals surface area (Å²) in [5.41, 5.74) is 0.388. The largest absolute Gasteiger partial charge is 0.452 e. The van der Waals surface area contributed by atoms with Gasteiger partial charge in [0.25, 0.3) is 11.8 Å². The van der Waals surface area contributed by atoms with Crippen LogP contribution in [0.3, 0.4) is 0 Å². The number of carbonyl (C=O) groups is 2. The Hall–Kier alpha value is -2.89. The second-order valence-corrected chi connectivity index (χ2v) is 8.67. The van der Waals surface area contributed by atoms with Gasteiger partial charge in [0.05, 0.1) is 9.77 Å². The second-order valence-electron chi connectivity index (χ2n) is 5.96. The number of carbonyl (C=O) groups excluding carboxylic acids is 2. The molecule has 0 aliphatic rings. The van der Waals surface area contributed by atoms with E-state index in [1.165, 1.54) is 42.5 Å². The number of ether oxygens (including phenoxy) is 1. The minimum Gasteiger partial charge on any atom is -0.452 e. The zero-order valence-electron chi connectivity index (χ0n) is 15.5. The van der Waals surface area contributed by atoms with Crippen LogP contribution >= 0.6 is 11.3 Å². The number of nitrogens with zero attached hydrogens (tertiary/aromatic N) is 2. The smallest absolute Gasteiger partial charge is 0.321 e. The summed E-state index contributed by atoms with van der Waals surface area (Å²) in [5.74, 6) is -0.572. The van der Waals surface area contributed by atoms with Crippen LogP contribution in [-0.2, 0) is 19.6 Å². The quantitative estimate of drug-likeness (QED) is 0.422. The van der Waals surface area contributed by atoms with Gasteiger partial charge in [-0.25, -0.2) is 8.42 Å². The highest BCUT2D eigenvalue weighted by Crippen LogP contribution is 2.25. The van der Waals surface area contributed by atoms with Gasteiger partial charge in [-0.3, -0.25) is 9.59 Å². The van der Waals surface area contributed by atoms with E-state index in [-0.39, 0.29) is 16.6 Å². The molecule has 0 fully saturated rings. The minimum absolute atomic E-state index is 0.0687. The number of benzene rings is 1. The number of nitrogens with one attached hydrogen (secondary N) is 1. The van der Waals surface area contributed by atoms with E-state index in [0.717, 1.165) is 4.88 Å². The van der Waals surface area contributed by atoms with Crippen LogP contribution in [-0.4, -0.2) is 36.9 Å². The first-order chi connectivity index (χ1) is 13.8. The van der Waals surface area contributed by atoms with Crippen LogP contribution in [0.1, 0.15) is 36.2 Å². The maximum atomic E-state index is 12.3. The zero-order valence-corrected chi connectivity index (χ0v) is 17.1. The number of thiophene rings is 1. The molecule has 1 unspecified atom stereocenters. The molecule has 0 saturated carbocycles. The molecule has 0 amide bonds. The van der Waals surface area contributed by atoms with Crippen molar-refractivity contribution in [3.05, 3.63) is 53.2 Å². The van der Waals surface area contributed by atoms with Crippen molar-refractivity contribution in [3.63, 3.8) is 0 Å². The summed E-state index contributed by atoms with van der Waals surface area (Å²) in [6, 6.07) is 9.04. The van der Waals surface area contributed by atoms with Gasteiger partial charge in [0.2, 0.25) is 10.0 Å². The summed E-state index contributed by atoms with van der Waals surface area (Å²) in [6.07, 6.45) is -0.844. The van der Waals surface area contributed by atoms with Gasteiger partial charge < -0.3 is 9.15 Å². The van der Waals surface area contributed by atoms with Crippen LogP contribution in [0.15, 0.2) is 51.1 Å². The maximum absolute atomic E-state index is 12.3. The number of rotatable bonds is 8. The summed E-state index contributed by atoms with van der Waals surface area (Å²) in [4.78, 5) is 24.0. The molecule has 0 aliphatic heterocycles. The third kappa shape index (κ3) is 5.13. The lowest BCUT2D eigenvalue weighted by molar-refractivity contribution is -0.148. The SMILES string of the molecule is CC(=O)c1ccc(S(=O)(=O)NCC(=O)OC(C)c2nnc(-c3cccs3)o2)cc1. The summed E-state index contributed by atoms with van der Waals surface area (Å²) in [5, 5.41) is 9.61. The second kappa shape index (κ2) is 8.64. The Balaban J connectivity index is 1.56. The van der Waals surface area contributed by atoms with Gasteiger partial charge in [-0.1, -0.05) is 18.2 Å². The average molecular weight is 435 g/mol. The van der Waals surface area contributed by atoms with Crippen molar-refractivity contribution >= 4 is 33.1 Å². The van der Waals surface area contributed by atoms with E-state index < -0.39 is 28.6 Å². The summed E-state index contributed by atoms with van der Waals surface area (Å²) in [6.45, 7) is 2.34. The molecule has 2 aromatic heterocycles. The van der Waals surface area contributed by atoms with Crippen molar-refractivity contribution < 1.29 is 27.2 Å². The molecule has 152 valence electrons. The number of hydrogen-bond acceptors (Lipinski definition) is 9. The zero-order chi connectivity index (χ0) is 21.0. The van der Waals surface area contributed by atoms with E-state index in [1.807, 2.05) is 17.5 Å². The Morgan fingerprint density at radius 1 is 1.21 bits per heavy atom. The van der Waals surface area contributed by atoms with Gasteiger partial charge in [0.15, 0.2) is 11.9 Å². The third-order valence-corrected chi connectivity index (χ3v) is 6.08. The van der Waals surface area contributed by atoms with Gasteiger partial charge in [-0.15, -0.1) is 21.5 Å². The fourth-order valence-corrected chi connectivity index (χ4v) is 3.91. The fraction of sp³-hybridized carbons (Fsp3) is 0.222. The Morgan fingerprint density at radius 2 is 1.93 bits per heavy atom. The van der Waals surface area contributed by atoms with Crippen LogP contribution < -0.4 is 4.72 Å². The van der Waals surface area contributed by atoms with Gasteiger partial charge in [-0.2, -0.15) is 4.72 Å². The van der Waals surface area contributed by atoms with E-state index in [9.17, 15) is 18.0 Å².